The van der Waals surface area contributed by atoms with Crippen LogP contribution in [0.3, 0.4) is 0 Å². The molecule has 0 aliphatic heterocycles. The minimum absolute atomic E-state index is 0.105. The minimum Gasteiger partial charge on any atom is -0.456 e. The Bertz CT molecular complexity index is 823. The summed E-state index contributed by atoms with van der Waals surface area (Å²) in [6, 6.07) is 15.4. The molecule has 4 heteroatoms. The number of hydrogen-bond acceptors (Lipinski definition) is 3. The van der Waals surface area contributed by atoms with Crippen LogP contribution in [-0.4, -0.2) is 24.0 Å². The molecule has 31 heavy (non-hydrogen) atoms. The van der Waals surface area contributed by atoms with Crippen LogP contribution in [0.15, 0.2) is 48.5 Å². The number of unbranched alkanes of at least 4 members (excludes halogenated alkanes) is 2. The Morgan fingerprint density at radius 2 is 1.29 bits per heavy atom. The van der Waals surface area contributed by atoms with E-state index in [2.05, 4.69) is 19.2 Å². The summed E-state index contributed by atoms with van der Waals surface area (Å²) >= 11 is 0. The van der Waals surface area contributed by atoms with Crippen LogP contribution < -0.4 is 5.32 Å². The van der Waals surface area contributed by atoms with E-state index in [1.165, 1.54) is 11.1 Å². The van der Waals surface area contributed by atoms with Gasteiger partial charge in [-0.25, -0.2) is 4.79 Å². The lowest BCUT2D eigenvalue weighted by Gasteiger charge is -2.25. The summed E-state index contributed by atoms with van der Waals surface area (Å²) in [4.78, 5) is 24.9. The predicted molar refractivity (Wildman–Crippen MR) is 127 cm³/mol. The first-order valence-corrected chi connectivity index (χ1v) is 11.5. The Kier molecular flexibility index (Phi) is 9.77. The number of rotatable bonds is 12. The van der Waals surface area contributed by atoms with E-state index in [1.807, 2.05) is 62.4 Å². The molecule has 0 fully saturated rings. The van der Waals surface area contributed by atoms with Crippen molar-refractivity contribution in [1.82, 2.24) is 5.32 Å². The molecular weight excluding hydrogens is 386 g/mol. The summed E-state index contributed by atoms with van der Waals surface area (Å²) in [5, 5.41) is 2.93. The van der Waals surface area contributed by atoms with Crippen LogP contribution in [0.2, 0.25) is 0 Å². The molecule has 0 heterocycles. The van der Waals surface area contributed by atoms with Crippen molar-refractivity contribution in [3.05, 3.63) is 70.8 Å². The molecule has 0 spiro atoms. The molecule has 0 aliphatic carbocycles. The molecule has 2 aromatic rings. The molecule has 0 aromatic heterocycles. The lowest BCUT2D eigenvalue weighted by atomic mass is 10.0. The number of aryl methyl sites for hydroxylation is 2. The fraction of sp³-hybridized carbons (Fsp3) is 0.481. The molecule has 2 rings (SSSR count). The fourth-order valence-electron chi connectivity index (χ4n) is 3.33. The van der Waals surface area contributed by atoms with E-state index in [9.17, 15) is 9.59 Å². The summed E-state index contributed by atoms with van der Waals surface area (Å²) in [6.07, 6.45) is 7.21. The van der Waals surface area contributed by atoms with Gasteiger partial charge in [0.05, 0.1) is 5.56 Å². The highest BCUT2D eigenvalue weighted by Crippen LogP contribution is 2.18. The second-order valence-electron chi connectivity index (χ2n) is 8.76. The van der Waals surface area contributed by atoms with Gasteiger partial charge in [0, 0.05) is 18.5 Å². The third-order valence-electron chi connectivity index (χ3n) is 5.43. The van der Waals surface area contributed by atoms with Gasteiger partial charge in [-0.15, -0.1) is 0 Å². The zero-order valence-corrected chi connectivity index (χ0v) is 19.5. The number of ether oxygens (including phenoxy) is 1. The van der Waals surface area contributed by atoms with Gasteiger partial charge < -0.3 is 10.1 Å². The maximum atomic E-state index is 12.5. The van der Waals surface area contributed by atoms with Crippen LogP contribution in [0.25, 0.3) is 0 Å². The van der Waals surface area contributed by atoms with Gasteiger partial charge in [0.1, 0.15) is 5.60 Å². The predicted octanol–water partition coefficient (Wildman–Crippen LogP) is 6.13. The van der Waals surface area contributed by atoms with Gasteiger partial charge >= 0.3 is 5.97 Å². The molecule has 0 atom stereocenters. The molecule has 0 radical (unpaired) electrons. The Hall–Kier alpha value is -2.62. The van der Waals surface area contributed by atoms with E-state index in [1.54, 1.807) is 0 Å². The van der Waals surface area contributed by atoms with Gasteiger partial charge in [-0.2, -0.15) is 0 Å². The van der Waals surface area contributed by atoms with Gasteiger partial charge in [-0.05, 0) is 74.9 Å². The summed E-state index contributed by atoms with van der Waals surface area (Å²) in [6.45, 7) is 8.52. The summed E-state index contributed by atoms with van der Waals surface area (Å²) < 4.78 is 5.70. The Morgan fingerprint density at radius 3 is 1.77 bits per heavy atom. The lowest BCUT2D eigenvalue weighted by molar-refractivity contribution is -0.00401. The maximum Gasteiger partial charge on any atom is 0.338 e. The summed E-state index contributed by atoms with van der Waals surface area (Å²) in [7, 11) is 0. The second kappa shape index (κ2) is 12.3. The van der Waals surface area contributed by atoms with Gasteiger partial charge in [0.25, 0.3) is 5.91 Å². The molecule has 0 saturated carbocycles. The molecule has 1 N–H and O–H groups in total. The van der Waals surface area contributed by atoms with Crippen molar-refractivity contribution in [2.24, 2.45) is 0 Å². The average molecular weight is 424 g/mol. The van der Waals surface area contributed by atoms with Crippen molar-refractivity contribution in [1.29, 1.82) is 0 Å². The topological polar surface area (TPSA) is 55.4 Å². The Morgan fingerprint density at radius 1 is 0.806 bits per heavy atom. The van der Waals surface area contributed by atoms with Gasteiger partial charge in [0.15, 0.2) is 0 Å². The highest BCUT2D eigenvalue weighted by Gasteiger charge is 2.24. The van der Waals surface area contributed by atoms with Crippen molar-refractivity contribution < 1.29 is 14.3 Å². The van der Waals surface area contributed by atoms with Crippen molar-refractivity contribution in [2.75, 3.05) is 6.54 Å². The molecular formula is C27H37NO3. The van der Waals surface area contributed by atoms with Crippen molar-refractivity contribution in [3.8, 4) is 0 Å². The normalized spacial score (nSPS) is 11.2. The van der Waals surface area contributed by atoms with Crippen LogP contribution >= 0.6 is 0 Å². The Balaban J connectivity index is 1.80. The lowest BCUT2D eigenvalue weighted by Crippen LogP contribution is -2.34. The smallest absolute Gasteiger partial charge is 0.338 e. The molecule has 2 aromatic carbocycles. The number of amides is 1. The summed E-state index contributed by atoms with van der Waals surface area (Å²) in [5.41, 5.74) is 3.03. The first-order valence-electron chi connectivity index (χ1n) is 11.5. The van der Waals surface area contributed by atoms with Gasteiger partial charge in [0.2, 0.25) is 0 Å². The largest absolute Gasteiger partial charge is 0.456 e. The fourth-order valence-corrected chi connectivity index (χ4v) is 3.33. The third-order valence-corrected chi connectivity index (χ3v) is 5.43. The number of esters is 1. The molecule has 4 nitrogen and oxygen atoms in total. The zero-order chi connectivity index (χ0) is 22.7. The molecule has 0 saturated heterocycles. The highest BCUT2D eigenvalue weighted by molar-refractivity contribution is 5.94. The van der Waals surface area contributed by atoms with Crippen LogP contribution in [0.5, 0.6) is 0 Å². The maximum absolute atomic E-state index is 12.5. The Labute approximate surface area is 187 Å². The SMILES string of the molecule is CCCCc1ccc(C(=O)NCCC(C)(C)OC(=O)c2ccc(CCCC)cc2)cc1. The van der Waals surface area contributed by atoms with E-state index in [0.29, 0.717) is 24.1 Å². The summed E-state index contributed by atoms with van der Waals surface area (Å²) in [5.74, 6) is -0.437. The molecule has 0 unspecified atom stereocenters. The van der Waals surface area contributed by atoms with E-state index in [-0.39, 0.29) is 11.9 Å². The number of carbonyl (C=O) groups is 2. The van der Waals surface area contributed by atoms with Crippen molar-refractivity contribution in [3.63, 3.8) is 0 Å². The van der Waals surface area contributed by atoms with Crippen molar-refractivity contribution >= 4 is 11.9 Å². The highest BCUT2D eigenvalue weighted by atomic mass is 16.6. The zero-order valence-electron chi connectivity index (χ0n) is 19.5. The van der Waals surface area contributed by atoms with Crippen LogP contribution in [0, 0.1) is 0 Å². The van der Waals surface area contributed by atoms with Gasteiger partial charge in [-0.3, -0.25) is 4.79 Å². The molecule has 168 valence electrons. The molecule has 1 amide bonds. The van der Waals surface area contributed by atoms with Crippen LogP contribution in [0.4, 0.5) is 0 Å². The monoisotopic (exact) mass is 423 g/mol. The number of carbonyl (C=O) groups excluding carboxylic acids is 2. The van der Waals surface area contributed by atoms with Crippen molar-refractivity contribution in [2.45, 2.75) is 78.2 Å². The average Bonchev–Trinajstić information content (AvgIpc) is 2.76. The second-order valence-corrected chi connectivity index (χ2v) is 8.76. The number of nitrogens with one attached hydrogen (secondary N) is 1. The first-order chi connectivity index (χ1) is 14.8. The van der Waals surface area contributed by atoms with Crippen LogP contribution in [-0.2, 0) is 17.6 Å². The van der Waals surface area contributed by atoms with E-state index >= 15 is 0 Å². The number of benzene rings is 2. The van der Waals surface area contributed by atoms with E-state index < -0.39 is 5.60 Å². The third kappa shape index (κ3) is 8.56. The number of hydrogen-bond donors (Lipinski definition) is 1. The van der Waals surface area contributed by atoms with E-state index in [0.717, 1.165) is 38.5 Å². The van der Waals surface area contributed by atoms with Crippen LogP contribution in [0.1, 0.15) is 91.6 Å². The minimum atomic E-state index is -0.671. The molecule has 0 aliphatic rings. The first kappa shape index (κ1) is 24.6. The van der Waals surface area contributed by atoms with Gasteiger partial charge in [-0.1, -0.05) is 51.0 Å². The van der Waals surface area contributed by atoms with E-state index in [4.69, 9.17) is 4.74 Å². The molecule has 0 bridgehead atoms. The quantitative estimate of drug-likeness (QED) is 0.418. The standard InChI is InChI=1S/C27H37NO3/c1-5-7-9-21-11-15-23(16-12-21)25(29)28-20-19-27(3,4)31-26(30)24-17-13-22(14-18-24)10-8-6-2/h11-18H,5-10,19-20H2,1-4H3,(H,28,29).